The predicted octanol–water partition coefficient (Wildman–Crippen LogP) is 0.837. The van der Waals surface area contributed by atoms with Gasteiger partial charge >= 0.3 is 5.97 Å². The van der Waals surface area contributed by atoms with Gasteiger partial charge in [-0.25, -0.2) is 0 Å². The van der Waals surface area contributed by atoms with Crippen LogP contribution in [0.3, 0.4) is 0 Å². The van der Waals surface area contributed by atoms with Crippen LogP contribution in [0.2, 0.25) is 0 Å². The first-order valence-electron chi connectivity index (χ1n) is 4.04. The molecule has 1 heterocycles. The molecule has 0 amide bonds. The Morgan fingerprint density at radius 1 is 1.50 bits per heavy atom. The molecule has 3 nitrogen and oxygen atoms in total. The van der Waals surface area contributed by atoms with E-state index < -0.39 is 5.60 Å². The van der Waals surface area contributed by atoms with Gasteiger partial charge in [0.25, 0.3) is 0 Å². The summed E-state index contributed by atoms with van der Waals surface area (Å²) in [5, 5.41) is 0. The van der Waals surface area contributed by atoms with Crippen LogP contribution in [0, 0.1) is 5.92 Å². The molecule has 1 saturated heterocycles. The van der Waals surface area contributed by atoms with Crippen molar-refractivity contribution in [3.63, 3.8) is 0 Å². The normalized spacial score (nSPS) is 39.6. The van der Waals surface area contributed by atoms with Gasteiger partial charge in [-0.2, -0.15) is 0 Å². The minimum absolute atomic E-state index is 0.0579. The first-order chi connectivity index (χ1) is 5.60. The van der Waals surface area contributed by atoms with Crippen molar-refractivity contribution in [3.8, 4) is 0 Å². The van der Waals surface area contributed by atoms with Crippen molar-refractivity contribution in [2.75, 3.05) is 0 Å². The molecule has 0 aromatic carbocycles. The number of rotatable bonds is 0. The molecule has 0 bridgehead atoms. The average molecular weight is 166 g/mol. The van der Waals surface area contributed by atoms with Gasteiger partial charge in [-0.1, -0.05) is 0 Å². The van der Waals surface area contributed by atoms with Crippen LogP contribution in [-0.2, 0) is 14.3 Å². The summed E-state index contributed by atoms with van der Waals surface area (Å²) in [6, 6.07) is 0. The zero-order valence-corrected chi connectivity index (χ0v) is 6.87. The van der Waals surface area contributed by atoms with E-state index in [-0.39, 0.29) is 17.7 Å². The van der Waals surface area contributed by atoms with Gasteiger partial charge in [0.1, 0.15) is 5.60 Å². The third-order valence-corrected chi connectivity index (χ3v) is 2.61. The second kappa shape index (κ2) is 2.19. The lowest BCUT2D eigenvalue weighted by atomic mass is 9.81. The number of esters is 1. The molecular formula is C9H10O3. The number of carbonyl (C=O) groups is 2. The second-order valence-corrected chi connectivity index (χ2v) is 3.56. The standard InChI is InChI=1S/C9H10O3/c1-9-3-2-7(10)4-6(9)5-8(11)12-9/h2-3,6H,4-5H2,1H3. The fourth-order valence-electron chi connectivity index (χ4n) is 1.79. The van der Waals surface area contributed by atoms with Crippen LogP contribution >= 0.6 is 0 Å². The predicted molar refractivity (Wildman–Crippen MR) is 41.4 cm³/mol. The summed E-state index contributed by atoms with van der Waals surface area (Å²) in [4.78, 5) is 22.0. The molecule has 1 aliphatic heterocycles. The van der Waals surface area contributed by atoms with Gasteiger partial charge in [-0.05, 0) is 19.1 Å². The van der Waals surface area contributed by atoms with Gasteiger partial charge in [-0.3, -0.25) is 9.59 Å². The van der Waals surface area contributed by atoms with Crippen molar-refractivity contribution in [1.82, 2.24) is 0 Å². The number of ether oxygens (including phenoxy) is 1. The van der Waals surface area contributed by atoms with E-state index in [2.05, 4.69) is 0 Å². The number of allylic oxidation sites excluding steroid dienone is 1. The molecule has 2 aliphatic rings. The molecule has 2 unspecified atom stereocenters. The van der Waals surface area contributed by atoms with Crippen molar-refractivity contribution >= 4 is 11.8 Å². The van der Waals surface area contributed by atoms with Crippen LogP contribution in [-0.4, -0.2) is 17.4 Å². The number of ketones is 1. The average Bonchev–Trinajstić information content (AvgIpc) is 2.24. The van der Waals surface area contributed by atoms with Crippen molar-refractivity contribution in [2.24, 2.45) is 5.92 Å². The molecule has 12 heavy (non-hydrogen) atoms. The molecule has 0 radical (unpaired) electrons. The highest BCUT2D eigenvalue weighted by molar-refractivity contribution is 5.92. The van der Waals surface area contributed by atoms with Crippen LogP contribution in [0.15, 0.2) is 12.2 Å². The molecule has 0 saturated carbocycles. The lowest BCUT2D eigenvalue weighted by molar-refractivity contribution is -0.145. The maximum Gasteiger partial charge on any atom is 0.307 e. The smallest absolute Gasteiger partial charge is 0.307 e. The molecule has 1 fully saturated rings. The highest BCUT2D eigenvalue weighted by Crippen LogP contribution is 2.38. The summed E-state index contributed by atoms with van der Waals surface area (Å²) < 4.78 is 5.12. The Morgan fingerprint density at radius 3 is 3.00 bits per heavy atom. The minimum atomic E-state index is -0.509. The topological polar surface area (TPSA) is 43.4 Å². The van der Waals surface area contributed by atoms with Gasteiger partial charge in [0.05, 0.1) is 6.42 Å². The lowest BCUT2D eigenvalue weighted by Crippen LogP contribution is -2.33. The van der Waals surface area contributed by atoms with Gasteiger partial charge in [0.2, 0.25) is 0 Å². The lowest BCUT2D eigenvalue weighted by Gasteiger charge is -2.27. The Bertz CT molecular complexity index is 279. The quantitative estimate of drug-likeness (QED) is 0.501. The SMILES string of the molecule is CC12C=CC(=O)CC1CC(=O)O2. The van der Waals surface area contributed by atoms with Gasteiger partial charge in [0.15, 0.2) is 5.78 Å². The Labute approximate surface area is 70.4 Å². The van der Waals surface area contributed by atoms with E-state index in [0.717, 1.165) is 0 Å². The van der Waals surface area contributed by atoms with Crippen molar-refractivity contribution in [3.05, 3.63) is 12.2 Å². The first kappa shape index (κ1) is 7.53. The van der Waals surface area contributed by atoms with Gasteiger partial charge in [-0.15, -0.1) is 0 Å². The molecule has 3 heteroatoms. The Hall–Kier alpha value is -1.12. The fraction of sp³-hybridized carbons (Fsp3) is 0.556. The molecule has 1 aliphatic carbocycles. The molecule has 0 spiro atoms. The first-order valence-corrected chi connectivity index (χ1v) is 4.04. The second-order valence-electron chi connectivity index (χ2n) is 3.56. The monoisotopic (exact) mass is 166 g/mol. The highest BCUT2D eigenvalue weighted by atomic mass is 16.6. The minimum Gasteiger partial charge on any atom is -0.455 e. The summed E-state index contributed by atoms with van der Waals surface area (Å²) in [6.45, 7) is 1.85. The maximum atomic E-state index is 11.0. The number of fused-ring (bicyclic) bond motifs is 1. The van der Waals surface area contributed by atoms with Crippen LogP contribution in [0.5, 0.6) is 0 Å². The molecule has 64 valence electrons. The molecule has 2 rings (SSSR count). The van der Waals surface area contributed by atoms with E-state index in [0.29, 0.717) is 12.8 Å². The summed E-state index contributed by atoms with van der Waals surface area (Å²) >= 11 is 0. The zero-order valence-electron chi connectivity index (χ0n) is 6.87. The summed E-state index contributed by atoms with van der Waals surface area (Å²) in [7, 11) is 0. The third kappa shape index (κ3) is 0.967. The van der Waals surface area contributed by atoms with Crippen molar-refractivity contribution in [1.29, 1.82) is 0 Å². The number of hydrogen-bond donors (Lipinski definition) is 0. The molecule has 2 atom stereocenters. The number of carbonyl (C=O) groups excluding carboxylic acids is 2. The van der Waals surface area contributed by atoms with Crippen LogP contribution in [0.1, 0.15) is 19.8 Å². The van der Waals surface area contributed by atoms with Crippen LogP contribution < -0.4 is 0 Å². The largest absolute Gasteiger partial charge is 0.455 e. The highest BCUT2D eigenvalue weighted by Gasteiger charge is 2.46. The zero-order chi connectivity index (χ0) is 8.77. The van der Waals surface area contributed by atoms with E-state index in [9.17, 15) is 9.59 Å². The Morgan fingerprint density at radius 2 is 2.25 bits per heavy atom. The fourth-order valence-corrected chi connectivity index (χ4v) is 1.79. The third-order valence-electron chi connectivity index (χ3n) is 2.61. The summed E-state index contributed by atoms with van der Waals surface area (Å²) in [6.07, 6.45) is 4.04. The van der Waals surface area contributed by atoms with E-state index in [1.54, 1.807) is 6.08 Å². The molecule has 0 N–H and O–H groups in total. The van der Waals surface area contributed by atoms with E-state index in [4.69, 9.17) is 4.74 Å². The van der Waals surface area contributed by atoms with E-state index in [1.165, 1.54) is 6.08 Å². The Balaban J connectivity index is 2.32. The summed E-state index contributed by atoms with van der Waals surface area (Å²) in [5.41, 5.74) is -0.509. The van der Waals surface area contributed by atoms with Crippen molar-refractivity contribution < 1.29 is 14.3 Å². The molecule has 0 aromatic heterocycles. The summed E-state index contributed by atoms with van der Waals surface area (Å²) in [5.74, 6) is -0.0416. The molecule has 0 aromatic rings. The van der Waals surface area contributed by atoms with Gasteiger partial charge in [0, 0.05) is 12.3 Å². The van der Waals surface area contributed by atoms with E-state index >= 15 is 0 Å². The van der Waals surface area contributed by atoms with Crippen molar-refractivity contribution in [2.45, 2.75) is 25.4 Å². The van der Waals surface area contributed by atoms with E-state index in [1.807, 2.05) is 6.92 Å². The van der Waals surface area contributed by atoms with Gasteiger partial charge < -0.3 is 4.74 Å². The number of hydrogen-bond acceptors (Lipinski definition) is 3. The Kier molecular flexibility index (Phi) is 1.37. The van der Waals surface area contributed by atoms with Crippen LogP contribution in [0.25, 0.3) is 0 Å². The maximum absolute atomic E-state index is 11.0. The van der Waals surface area contributed by atoms with Crippen LogP contribution in [0.4, 0.5) is 0 Å². The molecular weight excluding hydrogens is 156 g/mol.